The summed E-state index contributed by atoms with van der Waals surface area (Å²) in [6, 6.07) is 4.99. The summed E-state index contributed by atoms with van der Waals surface area (Å²) in [5.41, 5.74) is 7.20. The Morgan fingerprint density at radius 1 is 1.17 bits per heavy atom. The Hall–Kier alpha value is -2.42. The van der Waals surface area contributed by atoms with Crippen molar-refractivity contribution >= 4 is 62.5 Å². The van der Waals surface area contributed by atoms with E-state index in [1.807, 2.05) is 0 Å². The molecule has 0 aliphatic carbocycles. The van der Waals surface area contributed by atoms with Gasteiger partial charge in [0.1, 0.15) is 15.5 Å². The van der Waals surface area contributed by atoms with E-state index in [0.717, 1.165) is 11.3 Å². The van der Waals surface area contributed by atoms with Gasteiger partial charge in [-0.05, 0) is 31.5 Å². The molecule has 0 saturated heterocycles. The van der Waals surface area contributed by atoms with Crippen LogP contribution in [0.2, 0.25) is 10.0 Å². The van der Waals surface area contributed by atoms with Gasteiger partial charge in [0.25, 0.3) is 0 Å². The molecule has 2 aromatic heterocycles. The third-order valence-corrected chi connectivity index (χ3v) is 5.94. The van der Waals surface area contributed by atoms with Crippen molar-refractivity contribution in [1.29, 1.82) is 0 Å². The van der Waals surface area contributed by atoms with Crippen LogP contribution in [0.1, 0.15) is 33.5 Å². The van der Waals surface area contributed by atoms with Crippen molar-refractivity contribution in [3.63, 3.8) is 0 Å². The normalized spacial score (nSPS) is 10.9. The molecule has 0 bridgehead atoms. The highest BCUT2D eigenvalue weighted by molar-refractivity contribution is 7.20. The van der Waals surface area contributed by atoms with Gasteiger partial charge in [0.15, 0.2) is 12.4 Å². The molecule has 0 unspecified atom stereocenters. The van der Waals surface area contributed by atoms with E-state index in [9.17, 15) is 9.59 Å². The Morgan fingerprint density at radius 3 is 2.52 bits per heavy atom. The van der Waals surface area contributed by atoms with Crippen LogP contribution in [0.25, 0.3) is 10.2 Å². The Kier molecular flexibility index (Phi) is 6.56. The molecular weight excluding hydrogens is 437 g/mol. The molecule has 1 aromatic carbocycles. The van der Waals surface area contributed by atoms with E-state index in [1.165, 1.54) is 0 Å². The zero-order valence-electron chi connectivity index (χ0n) is 15.6. The number of thiophene rings is 1. The summed E-state index contributed by atoms with van der Waals surface area (Å²) < 4.78 is 10.3. The molecule has 0 aliphatic heterocycles. The van der Waals surface area contributed by atoms with E-state index < -0.39 is 11.9 Å². The number of hydrogen-bond acceptors (Lipinski definition) is 8. The first-order valence-electron chi connectivity index (χ1n) is 8.62. The van der Waals surface area contributed by atoms with Gasteiger partial charge in [0, 0.05) is 15.6 Å². The number of hydrogen-bond donors (Lipinski definition) is 1. The predicted octanol–water partition coefficient (Wildman–Crippen LogP) is 4.35. The number of benzene rings is 1. The smallest absolute Gasteiger partial charge is 0.348 e. The van der Waals surface area contributed by atoms with Crippen molar-refractivity contribution in [2.75, 3.05) is 12.3 Å². The fourth-order valence-corrected chi connectivity index (χ4v) is 4.35. The lowest BCUT2D eigenvalue weighted by Crippen LogP contribution is -2.11. The summed E-state index contributed by atoms with van der Waals surface area (Å²) in [5.74, 6) is -0.529. The first-order chi connectivity index (χ1) is 13.8. The number of nitrogens with zero attached hydrogens (tertiary/aromatic N) is 2. The van der Waals surface area contributed by atoms with Crippen LogP contribution in [0.4, 0.5) is 5.82 Å². The van der Waals surface area contributed by atoms with E-state index in [0.29, 0.717) is 36.3 Å². The topological polar surface area (TPSA) is 104 Å². The molecule has 0 amide bonds. The largest absolute Gasteiger partial charge is 0.462 e. The SMILES string of the molecule is CCOC(=O)c1sc2nc(COC(=O)Cc3c(Cl)cccc3Cl)nc(N)c2c1C. The molecule has 2 heterocycles. The maximum Gasteiger partial charge on any atom is 0.348 e. The maximum atomic E-state index is 12.2. The molecule has 152 valence electrons. The van der Waals surface area contributed by atoms with Crippen LogP contribution in [-0.2, 0) is 27.3 Å². The molecule has 2 N–H and O–H groups in total. The van der Waals surface area contributed by atoms with Gasteiger partial charge in [-0.3, -0.25) is 4.79 Å². The summed E-state index contributed by atoms with van der Waals surface area (Å²) >= 11 is 13.3. The average molecular weight is 454 g/mol. The summed E-state index contributed by atoms with van der Waals surface area (Å²) in [6.45, 7) is 3.59. The van der Waals surface area contributed by atoms with Crippen molar-refractivity contribution in [1.82, 2.24) is 9.97 Å². The van der Waals surface area contributed by atoms with Crippen LogP contribution >= 0.6 is 34.5 Å². The summed E-state index contributed by atoms with van der Waals surface area (Å²) in [7, 11) is 0. The molecule has 0 atom stereocenters. The second-order valence-corrected chi connectivity index (χ2v) is 7.83. The number of carbonyl (C=O) groups is 2. The molecule has 0 aliphatic rings. The first-order valence-corrected chi connectivity index (χ1v) is 10.2. The van der Waals surface area contributed by atoms with Crippen LogP contribution in [0.3, 0.4) is 0 Å². The van der Waals surface area contributed by atoms with Crippen LogP contribution < -0.4 is 5.73 Å². The Labute approximate surface area is 180 Å². The van der Waals surface area contributed by atoms with Crippen molar-refractivity contribution in [3.8, 4) is 0 Å². The summed E-state index contributed by atoms with van der Waals surface area (Å²) in [5, 5.41) is 1.37. The molecule has 0 fully saturated rings. The fraction of sp³-hybridized carbons (Fsp3) is 0.263. The van der Waals surface area contributed by atoms with Gasteiger partial charge in [-0.15, -0.1) is 11.3 Å². The molecule has 10 heteroatoms. The van der Waals surface area contributed by atoms with Gasteiger partial charge in [-0.2, -0.15) is 0 Å². The second kappa shape index (κ2) is 8.94. The highest BCUT2D eigenvalue weighted by Crippen LogP contribution is 2.33. The minimum Gasteiger partial charge on any atom is -0.462 e. The highest BCUT2D eigenvalue weighted by atomic mass is 35.5. The third kappa shape index (κ3) is 4.60. The van der Waals surface area contributed by atoms with Crippen LogP contribution in [-0.4, -0.2) is 28.5 Å². The van der Waals surface area contributed by atoms with Crippen LogP contribution in [0.5, 0.6) is 0 Å². The standard InChI is InChI=1S/C19H17Cl2N3O4S/c1-3-27-19(26)16-9(2)15-17(22)23-13(24-18(15)29-16)8-28-14(25)7-10-11(20)5-4-6-12(10)21/h4-6H,3,7-8H2,1-2H3,(H2,22,23,24). The average Bonchev–Trinajstić information content (AvgIpc) is 3.00. The lowest BCUT2D eigenvalue weighted by Gasteiger charge is -2.08. The molecule has 29 heavy (non-hydrogen) atoms. The molecule has 3 aromatic rings. The lowest BCUT2D eigenvalue weighted by molar-refractivity contribution is -0.144. The number of aromatic nitrogens is 2. The third-order valence-electron chi connectivity index (χ3n) is 4.07. The number of nitrogen functional groups attached to an aromatic ring is 1. The van der Waals surface area contributed by atoms with Gasteiger partial charge >= 0.3 is 11.9 Å². The zero-order valence-corrected chi connectivity index (χ0v) is 18.0. The number of ether oxygens (including phenoxy) is 2. The minimum atomic E-state index is -0.531. The van der Waals surface area contributed by atoms with Crippen LogP contribution in [0, 0.1) is 6.92 Å². The Balaban J connectivity index is 1.77. The Bertz CT molecular complexity index is 1080. The van der Waals surface area contributed by atoms with E-state index in [4.69, 9.17) is 38.4 Å². The number of aryl methyl sites for hydroxylation is 1. The maximum absolute atomic E-state index is 12.2. The fourth-order valence-electron chi connectivity index (χ4n) is 2.71. The van der Waals surface area contributed by atoms with E-state index >= 15 is 0 Å². The van der Waals surface area contributed by atoms with Gasteiger partial charge < -0.3 is 15.2 Å². The van der Waals surface area contributed by atoms with Crippen molar-refractivity contribution in [2.24, 2.45) is 0 Å². The minimum absolute atomic E-state index is 0.0820. The number of esters is 2. The first kappa shape index (κ1) is 21.3. The number of fused-ring (bicyclic) bond motifs is 1. The number of nitrogens with two attached hydrogens (primary N) is 1. The van der Waals surface area contributed by atoms with Gasteiger partial charge in [-0.1, -0.05) is 29.3 Å². The second-order valence-electron chi connectivity index (χ2n) is 6.02. The van der Waals surface area contributed by atoms with Crippen LogP contribution in [0.15, 0.2) is 18.2 Å². The van der Waals surface area contributed by atoms with Crippen molar-refractivity contribution in [3.05, 3.63) is 50.1 Å². The molecular formula is C19H17Cl2N3O4S. The number of anilines is 1. The molecule has 7 nitrogen and oxygen atoms in total. The Morgan fingerprint density at radius 2 is 1.86 bits per heavy atom. The van der Waals surface area contributed by atoms with E-state index in [1.54, 1.807) is 32.0 Å². The van der Waals surface area contributed by atoms with E-state index in [2.05, 4.69) is 9.97 Å². The zero-order chi connectivity index (χ0) is 21.1. The summed E-state index contributed by atoms with van der Waals surface area (Å²) in [6.07, 6.45) is -0.0820. The molecule has 0 radical (unpaired) electrons. The van der Waals surface area contributed by atoms with Crippen molar-refractivity contribution in [2.45, 2.75) is 26.9 Å². The van der Waals surface area contributed by atoms with Gasteiger partial charge in [0.05, 0.1) is 18.4 Å². The number of carbonyl (C=O) groups excluding carboxylic acids is 2. The molecule has 3 rings (SSSR count). The number of halogens is 2. The predicted molar refractivity (Wildman–Crippen MR) is 112 cm³/mol. The summed E-state index contributed by atoms with van der Waals surface area (Å²) in [4.78, 5) is 33.8. The van der Waals surface area contributed by atoms with Crippen molar-refractivity contribution < 1.29 is 19.1 Å². The molecule has 0 spiro atoms. The monoisotopic (exact) mass is 453 g/mol. The van der Waals surface area contributed by atoms with Gasteiger partial charge in [0.2, 0.25) is 0 Å². The highest BCUT2D eigenvalue weighted by Gasteiger charge is 2.21. The molecule has 0 saturated carbocycles. The number of rotatable bonds is 6. The lowest BCUT2D eigenvalue weighted by atomic mass is 10.1. The van der Waals surface area contributed by atoms with Gasteiger partial charge in [-0.25, -0.2) is 14.8 Å². The van der Waals surface area contributed by atoms with E-state index in [-0.39, 0.29) is 31.3 Å². The quantitative estimate of drug-likeness (QED) is 0.552.